The third-order valence-corrected chi connectivity index (χ3v) is 23.9. The molecule has 2 unspecified atom stereocenters. The van der Waals surface area contributed by atoms with Gasteiger partial charge in [0.25, 0.3) is 0 Å². The van der Waals surface area contributed by atoms with Gasteiger partial charge in [-0.05, 0) is 84.8 Å². The first kappa shape index (κ1) is 55.3. The summed E-state index contributed by atoms with van der Waals surface area (Å²) in [5, 5.41) is 0.134. The third-order valence-electron chi connectivity index (χ3n) is 14.0. The fourth-order valence-electron chi connectivity index (χ4n) is 8.41. The van der Waals surface area contributed by atoms with Gasteiger partial charge in [0.1, 0.15) is 5.60 Å². The Morgan fingerprint density at radius 2 is 1.10 bits per heavy atom. The van der Waals surface area contributed by atoms with E-state index < -0.39 is 22.2 Å². The first-order valence-electron chi connectivity index (χ1n) is 23.5. The van der Waals surface area contributed by atoms with Gasteiger partial charge in [-0.3, -0.25) is 0 Å². The highest BCUT2D eigenvalue weighted by Gasteiger charge is 2.45. The molecule has 0 radical (unpaired) electrons. The molecule has 0 saturated carbocycles. The maximum atomic E-state index is 7.50. The molecule has 0 fully saturated rings. The van der Waals surface area contributed by atoms with Crippen molar-refractivity contribution in [1.29, 1.82) is 0 Å². The summed E-state index contributed by atoms with van der Waals surface area (Å²) >= 11 is 0. The molecule has 0 spiro atoms. The van der Waals surface area contributed by atoms with E-state index >= 15 is 0 Å². The number of ether oxygens (including phenoxy) is 2. The highest BCUT2D eigenvalue weighted by molar-refractivity contribution is 8.13. The van der Waals surface area contributed by atoms with E-state index in [1.165, 1.54) is 5.57 Å². The second kappa shape index (κ2) is 24.2. The van der Waals surface area contributed by atoms with Crippen molar-refractivity contribution in [3.8, 4) is 0 Å². The summed E-state index contributed by atoms with van der Waals surface area (Å²) in [6.45, 7) is 44.4. The van der Waals surface area contributed by atoms with E-state index in [1.807, 2.05) is 6.08 Å². The summed E-state index contributed by atoms with van der Waals surface area (Å²) in [6, 6.07) is 32.1. The van der Waals surface area contributed by atoms with Gasteiger partial charge in [-0.25, -0.2) is 0 Å². The summed E-state index contributed by atoms with van der Waals surface area (Å²) in [5.41, 5.74) is 3.91. The molecule has 8 heteroatoms. The molecular weight excluding hydrogens is 843 g/mol. The third kappa shape index (κ3) is 15.3. The van der Waals surface area contributed by atoms with Crippen LogP contribution >= 0.6 is 16.5 Å². The number of rotatable bonds is 24. The first-order chi connectivity index (χ1) is 29.3. The van der Waals surface area contributed by atoms with Crippen molar-refractivity contribution < 1.29 is 18.3 Å². The normalized spacial score (nSPS) is 18.0. The lowest BCUT2D eigenvalue weighted by molar-refractivity contribution is -0.0423. The van der Waals surface area contributed by atoms with Gasteiger partial charge in [-0.1, -0.05) is 211 Å². The van der Waals surface area contributed by atoms with Crippen LogP contribution in [0.5, 0.6) is 0 Å². The van der Waals surface area contributed by atoms with Gasteiger partial charge in [0.05, 0.1) is 31.3 Å². The van der Waals surface area contributed by atoms with Gasteiger partial charge in [-0.15, -0.1) is 8.93 Å². The Morgan fingerprint density at radius 1 is 0.667 bits per heavy atom. The molecule has 0 saturated heterocycles. The van der Waals surface area contributed by atoms with Gasteiger partial charge < -0.3 is 18.3 Å². The highest BCUT2D eigenvalue weighted by Crippen LogP contribution is 2.45. The standard InChI is InChI=1S/C55H88O4P2Si2/c1-19-20-30-42(3)51(56-40-61(14)60)46(7)52(59-63(17,18)54(11,12)13)44(5)38-41(2)37-43(4)50(58-62(15,16)53(8,9)10)45(6)39-57-55(47-31-24-21-25-32-47,48-33-26-22-27-34-48)49-35-28-23-29-36-49/h19-37,42-46,50-52H,1,38-40,60H2,2-18H3/b30-20-,41-37-/t42-,43-,44-,45-,46+,50+,51-,52+,61?/m0/s1. The molecule has 3 aromatic rings. The van der Waals surface area contributed by atoms with Crippen LogP contribution in [0.25, 0.3) is 0 Å². The summed E-state index contributed by atoms with van der Waals surface area (Å²) in [7, 11) is -1.65. The zero-order valence-corrected chi connectivity index (χ0v) is 46.6. The van der Waals surface area contributed by atoms with Crippen LogP contribution in [0.3, 0.4) is 0 Å². The molecule has 0 aliphatic rings. The van der Waals surface area contributed by atoms with Gasteiger partial charge in [0.15, 0.2) is 16.6 Å². The Kier molecular flexibility index (Phi) is 21.2. The predicted molar refractivity (Wildman–Crippen MR) is 285 cm³/mol. The quantitative estimate of drug-likeness (QED) is 0.0295. The Labute approximate surface area is 392 Å². The van der Waals surface area contributed by atoms with Gasteiger partial charge in [-0.2, -0.15) is 0 Å². The Morgan fingerprint density at radius 3 is 1.49 bits per heavy atom. The van der Waals surface area contributed by atoms with Crippen molar-refractivity contribution in [3.05, 3.63) is 144 Å². The molecule has 0 bridgehead atoms. The van der Waals surface area contributed by atoms with E-state index in [2.05, 4.69) is 241 Å². The molecule has 0 aliphatic carbocycles. The smallest absolute Gasteiger partial charge is 0.192 e. The zero-order chi connectivity index (χ0) is 47.4. The number of hydrogen-bond acceptors (Lipinski definition) is 4. The van der Waals surface area contributed by atoms with Crippen LogP contribution in [0.15, 0.2) is 127 Å². The Bertz CT molecular complexity index is 1750. The van der Waals surface area contributed by atoms with E-state index in [4.69, 9.17) is 18.3 Å². The SMILES string of the molecule is C=C/C=C\[C@H](C)[C@H](OCP(C)P)[C@@H](C)[C@H](O[Si](C)(C)C(C)(C)C)[C@@H](C)C/C(C)=C\[C@H](C)[C@@H](O[Si](C)(C)C(C)(C)C)[C@@H](C)COC(c1ccccc1)(c1ccccc1)c1ccccc1. The van der Waals surface area contributed by atoms with Crippen LogP contribution < -0.4 is 0 Å². The first-order valence-corrected chi connectivity index (χ1v) is 32.9. The lowest BCUT2D eigenvalue weighted by Gasteiger charge is -2.45. The van der Waals surface area contributed by atoms with Gasteiger partial charge in [0.2, 0.25) is 0 Å². The van der Waals surface area contributed by atoms with E-state index in [-0.39, 0.29) is 65.6 Å². The molecule has 10 atom stereocenters. The second-order valence-electron chi connectivity index (χ2n) is 21.7. The molecular formula is C55H88O4P2Si2. The second-order valence-corrected chi connectivity index (χ2v) is 35.6. The number of benzene rings is 3. The zero-order valence-electron chi connectivity index (χ0n) is 42.6. The van der Waals surface area contributed by atoms with Crippen molar-refractivity contribution in [1.82, 2.24) is 0 Å². The fourth-order valence-corrected chi connectivity index (χ4v) is 12.0. The summed E-state index contributed by atoms with van der Waals surface area (Å²) < 4.78 is 29.3. The maximum absolute atomic E-state index is 7.50. The van der Waals surface area contributed by atoms with Crippen molar-refractivity contribution in [2.24, 2.45) is 29.6 Å². The lowest BCUT2D eigenvalue weighted by Crippen LogP contribution is -2.50. The molecule has 0 amide bonds. The van der Waals surface area contributed by atoms with Crippen LogP contribution in [-0.2, 0) is 23.9 Å². The average Bonchev–Trinajstić information content (AvgIpc) is 3.21. The minimum atomic E-state index is -2.20. The van der Waals surface area contributed by atoms with Crippen molar-refractivity contribution in [3.63, 3.8) is 0 Å². The van der Waals surface area contributed by atoms with E-state index in [1.54, 1.807) is 0 Å². The van der Waals surface area contributed by atoms with Crippen LogP contribution in [0.4, 0.5) is 0 Å². The monoisotopic (exact) mass is 931 g/mol. The minimum Gasteiger partial charge on any atom is -0.413 e. The van der Waals surface area contributed by atoms with E-state index in [9.17, 15) is 0 Å². The molecule has 3 rings (SSSR count). The fraction of sp³-hybridized carbons (Fsp3) is 0.564. The summed E-state index contributed by atoms with van der Waals surface area (Å²) in [6.07, 6.45) is 10.3. The van der Waals surface area contributed by atoms with Crippen LogP contribution in [0.1, 0.15) is 106 Å². The van der Waals surface area contributed by atoms with Crippen LogP contribution in [0, 0.1) is 29.6 Å². The molecule has 0 heterocycles. The molecule has 350 valence electrons. The van der Waals surface area contributed by atoms with Crippen LogP contribution in [0.2, 0.25) is 36.3 Å². The van der Waals surface area contributed by atoms with E-state index in [0.717, 1.165) is 29.5 Å². The minimum absolute atomic E-state index is 0.0186. The topological polar surface area (TPSA) is 36.9 Å². The molecule has 4 nitrogen and oxygen atoms in total. The average molecular weight is 931 g/mol. The van der Waals surface area contributed by atoms with E-state index in [0.29, 0.717) is 6.61 Å². The van der Waals surface area contributed by atoms with Crippen molar-refractivity contribution in [2.45, 2.75) is 150 Å². The maximum Gasteiger partial charge on any atom is 0.192 e. The van der Waals surface area contributed by atoms with Gasteiger partial charge >= 0.3 is 0 Å². The van der Waals surface area contributed by atoms with Gasteiger partial charge in [0, 0.05) is 17.8 Å². The Balaban J connectivity index is 2.07. The molecule has 63 heavy (non-hydrogen) atoms. The lowest BCUT2D eigenvalue weighted by atomic mass is 9.79. The predicted octanol–water partition coefficient (Wildman–Crippen LogP) is 16.3. The Hall–Kier alpha value is -1.99. The highest BCUT2D eigenvalue weighted by atomic mass is 32.0. The summed E-state index contributed by atoms with van der Waals surface area (Å²) in [5.74, 6) is 0.892. The molecule has 3 aromatic carbocycles. The van der Waals surface area contributed by atoms with Crippen molar-refractivity contribution in [2.75, 3.05) is 19.6 Å². The van der Waals surface area contributed by atoms with Crippen molar-refractivity contribution >= 4 is 33.2 Å². The number of hydrogen-bond donors (Lipinski definition) is 0. The molecule has 0 N–H and O–H groups in total. The molecule has 0 aliphatic heterocycles. The largest absolute Gasteiger partial charge is 0.413 e. The van der Waals surface area contributed by atoms with Crippen LogP contribution in [-0.4, -0.2) is 54.6 Å². The molecule has 0 aromatic heterocycles. The number of allylic oxidation sites excluding steroid dienone is 3. The summed E-state index contributed by atoms with van der Waals surface area (Å²) in [4.78, 5) is 0.